The second kappa shape index (κ2) is 17.0. The van der Waals surface area contributed by atoms with Gasteiger partial charge in [0.1, 0.15) is 0 Å². The highest BCUT2D eigenvalue weighted by molar-refractivity contribution is 5.82. The number of nitrogens with zero attached hydrogens (tertiary/aromatic N) is 1. The number of nitrogens with one attached hydrogen (secondary N) is 1. The van der Waals surface area contributed by atoms with Gasteiger partial charge in [-0.3, -0.25) is 14.5 Å². The molecule has 4 aromatic carbocycles. The number of amides is 1. The van der Waals surface area contributed by atoms with Crippen LogP contribution in [0.3, 0.4) is 0 Å². The minimum absolute atomic E-state index is 0.00532. The molecular weight excluding hydrogens is 632 g/mol. The lowest BCUT2D eigenvalue weighted by molar-refractivity contribution is -0.276. The monoisotopic (exact) mass is 680 g/mol. The van der Waals surface area contributed by atoms with Crippen molar-refractivity contribution in [3.05, 3.63) is 131 Å². The molecule has 0 radical (unpaired) electrons. The van der Waals surface area contributed by atoms with E-state index in [1.807, 2.05) is 117 Å². The summed E-state index contributed by atoms with van der Waals surface area (Å²) in [6.45, 7) is 7.83. The smallest absolute Gasteiger partial charge is 0.303 e. The van der Waals surface area contributed by atoms with Crippen LogP contribution in [0.1, 0.15) is 74.0 Å². The first-order chi connectivity index (χ1) is 24.0. The Hall–Kier alpha value is -4.38. The van der Waals surface area contributed by atoms with Crippen molar-refractivity contribution in [3.63, 3.8) is 0 Å². The summed E-state index contributed by atoms with van der Waals surface area (Å²) in [5.74, 6) is -0.861. The highest BCUT2D eigenvalue weighted by Crippen LogP contribution is 2.42. The molecule has 264 valence electrons. The zero-order valence-electron chi connectivity index (χ0n) is 29.4. The minimum atomic E-state index is -0.862. The van der Waals surface area contributed by atoms with Crippen molar-refractivity contribution in [2.45, 2.75) is 77.6 Å². The van der Waals surface area contributed by atoms with Gasteiger partial charge in [-0.25, -0.2) is 0 Å². The number of rotatable bonds is 13. The minimum Gasteiger partial charge on any atom is -0.453 e. The van der Waals surface area contributed by atoms with Crippen LogP contribution in [0, 0.1) is 5.92 Å². The molecule has 9 nitrogen and oxygen atoms in total. The number of esters is 1. The predicted octanol–water partition coefficient (Wildman–Crippen LogP) is 6.26. The van der Waals surface area contributed by atoms with Crippen molar-refractivity contribution in [2.24, 2.45) is 5.92 Å². The van der Waals surface area contributed by atoms with E-state index in [9.17, 15) is 19.8 Å². The fraction of sp³-hybridized carbons (Fsp3) is 0.366. The quantitative estimate of drug-likeness (QED) is 0.142. The lowest BCUT2D eigenvalue weighted by atomic mass is 9.89. The van der Waals surface area contributed by atoms with E-state index in [4.69, 9.17) is 14.2 Å². The predicted molar refractivity (Wildman–Crippen MR) is 191 cm³/mol. The van der Waals surface area contributed by atoms with Crippen molar-refractivity contribution in [3.8, 4) is 11.1 Å². The van der Waals surface area contributed by atoms with E-state index in [1.54, 1.807) is 6.92 Å². The molecule has 3 N–H and O–H groups in total. The van der Waals surface area contributed by atoms with Gasteiger partial charge in [0.15, 0.2) is 12.4 Å². The molecule has 0 bridgehead atoms. The molecule has 9 heteroatoms. The lowest BCUT2D eigenvalue weighted by Gasteiger charge is -2.43. The van der Waals surface area contributed by atoms with Crippen LogP contribution in [0.5, 0.6) is 0 Å². The van der Waals surface area contributed by atoms with Gasteiger partial charge in [-0.1, -0.05) is 104 Å². The number of aliphatic hydroxyl groups excluding tert-OH is 2. The molecule has 1 saturated heterocycles. The summed E-state index contributed by atoms with van der Waals surface area (Å²) in [5.41, 5.74) is 6.50. The third-order valence-corrected chi connectivity index (χ3v) is 9.51. The molecule has 1 fully saturated rings. The van der Waals surface area contributed by atoms with Gasteiger partial charge in [0.05, 0.1) is 24.9 Å². The van der Waals surface area contributed by atoms with Gasteiger partial charge in [-0.05, 0) is 60.3 Å². The van der Waals surface area contributed by atoms with Crippen LogP contribution in [0.15, 0.2) is 103 Å². The Bertz CT molecular complexity index is 1700. The fourth-order valence-corrected chi connectivity index (χ4v) is 6.28. The van der Waals surface area contributed by atoms with E-state index >= 15 is 0 Å². The van der Waals surface area contributed by atoms with E-state index in [-0.39, 0.29) is 36.7 Å². The van der Waals surface area contributed by atoms with E-state index in [0.29, 0.717) is 13.1 Å². The number of benzene rings is 4. The average molecular weight is 681 g/mol. The Kier molecular flexibility index (Phi) is 12.6. The summed E-state index contributed by atoms with van der Waals surface area (Å²) < 4.78 is 18.3. The van der Waals surface area contributed by atoms with Crippen LogP contribution < -0.4 is 5.32 Å². The molecule has 1 aliphatic heterocycles. The highest BCUT2D eigenvalue weighted by atomic mass is 16.7. The zero-order chi connectivity index (χ0) is 35.8. The molecule has 1 amide bonds. The number of carbonyl (C=O) groups is 2. The summed E-state index contributed by atoms with van der Waals surface area (Å²) >= 11 is 0. The molecule has 5 rings (SSSR count). The third kappa shape index (κ3) is 9.24. The SMILES string of the molecule is CC(=O)O[C@@H](C)C(=O)NCc1cccc(-c2ccc([C@H]3O[C@@H](CN(C)[C@@H](C)[C@H](O)c4ccccc4)[C@@H](C)[C@@H](c4ccc(CO)cc4)O3)cc2)c1. The number of hydrogen-bond acceptors (Lipinski definition) is 8. The topological polar surface area (TPSA) is 118 Å². The Labute approximate surface area is 294 Å². The molecule has 4 aromatic rings. The second-order valence-corrected chi connectivity index (χ2v) is 13.1. The Morgan fingerprint density at radius 2 is 1.54 bits per heavy atom. The van der Waals surface area contributed by atoms with E-state index in [0.717, 1.165) is 38.9 Å². The number of likely N-dealkylation sites (N-methyl/N-ethyl adjacent to an activating group) is 1. The van der Waals surface area contributed by atoms with Crippen LogP contribution in [-0.4, -0.2) is 58.8 Å². The normalized spacial score (nSPS) is 20.9. The molecule has 7 atom stereocenters. The maximum absolute atomic E-state index is 12.3. The van der Waals surface area contributed by atoms with E-state index in [2.05, 4.69) is 17.1 Å². The van der Waals surface area contributed by atoms with Gasteiger partial charge >= 0.3 is 5.97 Å². The van der Waals surface area contributed by atoms with Crippen molar-refractivity contribution >= 4 is 11.9 Å². The van der Waals surface area contributed by atoms with Crippen LogP contribution in [0.25, 0.3) is 11.1 Å². The first-order valence-electron chi connectivity index (χ1n) is 17.1. The van der Waals surface area contributed by atoms with Crippen LogP contribution in [0.2, 0.25) is 0 Å². The van der Waals surface area contributed by atoms with Gasteiger partial charge in [-0.2, -0.15) is 0 Å². The number of aliphatic hydroxyl groups is 2. The molecular formula is C41H48N2O7. The Morgan fingerprint density at radius 3 is 2.20 bits per heavy atom. The largest absolute Gasteiger partial charge is 0.453 e. The number of hydrogen-bond donors (Lipinski definition) is 3. The molecule has 0 spiro atoms. The Morgan fingerprint density at radius 1 is 0.860 bits per heavy atom. The molecule has 0 aromatic heterocycles. The third-order valence-electron chi connectivity index (χ3n) is 9.51. The fourth-order valence-electron chi connectivity index (χ4n) is 6.28. The van der Waals surface area contributed by atoms with Crippen LogP contribution >= 0.6 is 0 Å². The maximum atomic E-state index is 12.3. The molecule has 0 saturated carbocycles. The maximum Gasteiger partial charge on any atom is 0.303 e. The first-order valence-corrected chi connectivity index (χ1v) is 17.1. The zero-order valence-corrected chi connectivity index (χ0v) is 29.4. The average Bonchev–Trinajstić information content (AvgIpc) is 3.14. The summed E-state index contributed by atoms with van der Waals surface area (Å²) in [7, 11) is 2.01. The molecule has 0 unspecified atom stereocenters. The molecule has 50 heavy (non-hydrogen) atoms. The first kappa shape index (κ1) is 36.9. The molecule has 0 aliphatic carbocycles. The number of carbonyl (C=O) groups excluding carboxylic acids is 2. The summed E-state index contributed by atoms with van der Waals surface area (Å²) in [6, 6.07) is 33.4. The van der Waals surface area contributed by atoms with Gasteiger partial charge in [0, 0.05) is 37.5 Å². The van der Waals surface area contributed by atoms with Crippen LogP contribution in [-0.2, 0) is 37.0 Å². The van der Waals surface area contributed by atoms with Gasteiger partial charge < -0.3 is 29.7 Å². The van der Waals surface area contributed by atoms with Crippen molar-refractivity contribution in [1.29, 1.82) is 0 Å². The second-order valence-electron chi connectivity index (χ2n) is 13.1. The van der Waals surface area contributed by atoms with Gasteiger partial charge in [0.25, 0.3) is 5.91 Å². The van der Waals surface area contributed by atoms with Gasteiger partial charge in [-0.15, -0.1) is 0 Å². The van der Waals surface area contributed by atoms with E-state index in [1.165, 1.54) is 6.92 Å². The summed E-state index contributed by atoms with van der Waals surface area (Å²) in [6.07, 6.45) is -2.61. The van der Waals surface area contributed by atoms with Crippen molar-refractivity contribution in [1.82, 2.24) is 10.2 Å². The van der Waals surface area contributed by atoms with E-state index < -0.39 is 24.5 Å². The lowest BCUT2D eigenvalue weighted by Crippen LogP contribution is -2.46. The van der Waals surface area contributed by atoms with Crippen molar-refractivity contribution in [2.75, 3.05) is 13.6 Å². The van der Waals surface area contributed by atoms with Crippen molar-refractivity contribution < 1.29 is 34.0 Å². The summed E-state index contributed by atoms with van der Waals surface area (Å²) in [5, 5.41) is 23.6. The highest BCUT2D eigenvalue weighted by Gasteiger charge is 2.39. The Balaban J connectivity index is 1.32. The summed E-state index contributed by atoms with van der Waals surface area (Å²) in [4.78, 5) is 25.7. The van der Waals surface area contributed by atoms with Crippen LogP contribution in [0.4, 0.5) is 0 Å². The standard InChI is InChI=1S/C41H48N2O7/c1-26-37(24-43(5)27(2)38(46)33-11-7-6-8-12-33)49-41(50-39(26)34-16-14-30(25-44)15-17-34)35-20-18-32(19-21-35)36-13-9-10-31(22-36)23-42-40(47)28(3)48-29(4)45/h6-22,26-28,37-39,41,44,46H,23-25H2,1-5H3,(H,42,47)/t26-,27+,28+,37+,38+,39+,41+/m1/s1. The molecule has 1 heterocycles. The molecule has 1 aliphatic rings. The van der Waals surface area contributed by atoms with Gasteiger partial charge in [0.2, 0.25) is 0 Å². The number of ether oxygens (including phenoxy) is 3.